The smallest absolute Gasteiger partial charge is 0.244 e. The van der Waals surface area contributed by atoms with Crippen molar-refractivity contribution in [1.29, 1.82) is 0 Å². The zero-order valence-corrected chi connectivity index (χ0v) is 34.2. The number of hydrogen-bond donors (Lipinski definition) is 0. The molecule has 0 radical (unpaired) electrons. The van der Waals surface area contributed by atoms with E-state index in [9.17, 15) is 0 Å². The minimum Gasteiger partial charge on any atom is -0.309 e. The van der Waals surface area contributed by atoms with Gasteiger partial charge in [-0.1, -0.05) is 149 Å². The second-order valence-electron chi connectivity index (χ2n) is 18.3. The maximum atomic E-state index is 2.63. The third-order valence-electron chi connectivity index (χ3n) is 15.2. The van der Waals surface area contributed by atoms with Crippen LogP contribution in [0.15, 0.2) is 168 Å². The molecule has 4 aliphatic carbocycles. The molecule has 0 saturated heterocycles. The fourth-order valence-electron chi connectivity index (χ4n) is 13.5. The standard InChI is InChI=1S/C53H44BNSSi/c1-34-24-49-52-51(25-34)57(40-12-4-2-5-13-40,41-14-6-3-7-15-41)50-19-11-9-17-44(50)54(52)45-30-39(21-23-48(45)56-49)55-46-18-10-8-16-42(46)43-29-38(20-22-47(43)55)53-31-35-26-36(32-53)28-37(27-35)33-53/h2-25,29-30,35-37H,26-28,31-33H2,1H3. The summed E-state index contributed by atoms with van der Waals surface area (Å²) in [6.45, 7) is 2.46. The molecule has 1 nitrogen and oxygen atoms in total. The van der Waals surface area contributed by atoms with E-state index in [-0.39, 0.29) is 6.71 Å². The van der Waals surface area contributed by atoms with Crippen LogP contribution in [-0.2, 0) is 5.41 Å². The maximum Gasteiger partial charge on any atom is 0.244 e. The molecule has 4 fully saturated rings. The van der Waals surface area contributed by atoms with Crippen molar-refractivity contribution in [2.75, 3.05) is 0 Å². The van der Waals surface area contributed by atoms with Gasteiger partial charge in [0, 0.05) is 26.3 Å². The fourth-order valence-corrected chi connectivity index (χ4v) is 20.2. The molecule has 7 aromatic carbocycles. The fraction of sp³-hybridized carbons (Fsp3) is 0.208. The largest absolute Gasteiger partial charge is 0.309 e. The molecule has 4 bridgehead atoms. The maximum absolute atomic E-state index is 2.67. The van der Waals surface area contributed by atoms with E-state index in [4.69, 9.17) is 0 Å². The summed E-state index contributed by atoms with van der Waals surface area (Å²) in [5, 5.41) is 8.78. The first-order valence-corrected chi connectivity index (χ1v) is 24.1. The first-order chi connectivity index (χ1) is 28.1. The lowest BCUT2D eigenvalue weighted by atomic mass is 9.36. The lowest BCUT2D eigenvalue weighted by molar-refractivity contribution is -0.00512. The van der Waals surface area contributed by atoms with Crippen LogP contribution in [0.3, 0.4) is 0 Å². The molecular formula is C53H44BNSSi. The van der Waals surface area contributed by atoms with E-state index in [1.165, 1.54) is 113 Å². The van der Waals surface area contributed by atoms with Crippen molar-refractivity contribution < 1.29 is 0 Å². The summed E-state index contributed by atoms with van der Waals surface area (Å²) < 4.78 is 2.58. The van der Waals surface area contributed by atoms with E-state index >= 15 is 0 Å². The highest BCUT2D eigenvalue weighted by molar-refractivity contribution is 8.00. The Kier molecular flexibility index (Phi) is 6.95. The molecule has 0 atom stereocenters. The van der Waals surface area contributed by atoms with Gasteiger partial charge in [0.25, 0.3) is 0 Å². The lowest BCUT2D eigenvalue weighted by Crippen LogP contribution is -2.87. The van der Waals surface area contributed by atoms with Crippen LogP contribution in [0.2, 0.25) is 0 Å². The van der Waals surface area contributed by atoms with Gasteiger partial charge in [0.2, 0.25) is 6.71 Å². The quantitative estimate of drug-likeness (QED) is 0.164. The molecule has 1 aromatic heterocycles. The number of fused-ring (bicyclic) bond motifs is 7. The van der Waals surface area contributed by atoms with Crippen molar-refractivity contribution in [3.8, 4) is 5.69 Å². The topological polar surface area (TPSA) is 4.93 Å². The van der Waals surface area contributed by atoms with Crippen LogP contribution in [0.4, 0.5) is 0 Å². The van der Waals surface area contributed by atoms with E-state index in [1.54, 1.807) is 10.8 Å². The molecule has 274 valence electrons. The van der Waals surface area contributed by atoms with Crippen LogP contribution < -0.4 is 37.1 Å². The highest BCUT2D eigenvalue weighted by Crippen LogP contribution is 2.61. The molecule has 0 amide bonds. The second kappa shape index (κ2) is 12.0. The van der Waals surface area contributed by atoms with Crippen molar-refractivity contribution in [3.05, 3.63) is 169 Å². The summed E-state index contributed by atoms with van der Waals surface area (Å²) in [5.41, 5.74) is 11.7. The Labute approximate surface area is 341 Å². The molecule has 4 saturated carbocycles. The normalized spacial score (nSPS) is 23.4. The predicted octanol–water partition coefficient (Wildman–Crippen LogP) is 8.23. The minimum absolute atomic E-state index is 0.159. The minimum atomic E-state index is -2.67. The lowest BCUT2D eigenvalue weighted by Gasteiger charge is -2.57. The summed E-state index contributed by atoms with van der Waals surface area (Å²) in [6.07, 6.45) is 8.64. The van der Waals surface area contributed by atoms with Gasteiger partial charge in [-0.2, -0.15) is 0 Å². The second-order valence-corrected chi connectivity index (χ2v) is 23.1. The van der Waals surface area contributed by atoms with E-state index in [2.05, 4.69) is 169 Å². The Morgan fingerprint density at radius 3 is 1.95 bits per heavy atom. The highest BCUT2D eigenvalue weighted by atomic mass is 32.2. The van der Waals surface area contributed by atoms with Gasteiger partial charge in [0.05, 0.1) is 11.0 Å². The molecule has 3 heterocycles. The molecule has 0 spiro atoms. The number of benzene rings is 7. The van der Waals surface area contributed by atoms with E-state index in [0.717, 1.165) is 17.8 Å². The third-order valence-corrected chi connectivity index (χ3v) is 21.2. The van der Waals surface area contributed by atoms with Crippen molar-refractivity contribution >= 4 is 85.5 Å². The summed E-state index contributed by atoms with van der Waals surface area (Å²) in [5.74, 6) is 2.82. The summed E-state index contributed by atoms with van der Waals surface area (Å²) in [7, 11) is -2.67. The number of aryl methyl sites for hydroxylation is 1. The average molecular weight is 766 g/mol. The zero-order valence-electron chi connectivity index (χ0n) is 32.4. The molecule has 2 aliphatic heterocycles. The number of aromatic nitrogens is 1. The van der Waals surface area contributed by atoms with Gasteiger partial charge < -0.3 is 4.57 Å². The van der Waals surface area contributed by atoms with Gasteiger partial charge in [-0.15, -0.1) is 0 Å². The Morgan fingerprint density at radius 2 is 1.21 bits per heavy atom. The Balaban J connectivity index is 1.03. The monoisotopic (exact) mass is 765 g/mol. The Bertz CT molecular complexity index is 2870. The van der Waals surface area contributed by atoms with Crippen molar-refractivity contribution in [2.24, 2.45) is 17.8 Å². The van der Waals surface area contributed by atoms with Crippen molar-refractivity contribution in [1.82, 2.24) is 4.57 Å². The SMILES string of the molecule is Cc1cc2c3c(c1)[Si](c1ccccc1)(c1ccccc1)c1ccccc1B3c1cc(-n3c4ccccc4c4cc(C56CC7CC(CC(C7)C5)C6)ccc43)ccc1S2. The average Bonchev–Trinajstić information content (AvgIpc) is 3.57. The van der Waals surface area contributed by atoms with Crippen LogP contribution in [0, 0.1) is 24.7 Å². The highest BCUT2D eigenvalue weighted by Gasteiger charge is 2.53. The summed E-state index contributed by atoms with van der Waals surface area (Å²) >= 11 is 1.98. The predicted molar refractivity (Wildman–Crippen MR) is 244 cm³/mol. The number of hydrogen-bond acceptors (Lipinski definition) is 1. The van der Waals surface area contributed by atoms with E-state index in [0.29, 0.717) is 5.41 Å². The molecule has 14 rings (SSSR count). The van der Waals surface area contributed by atoms with Gasteiger partial charge in [-0.3, -0.25) is 0 Å². The van der Waals surface area contributed by atoms with Crippen molar-refractivity contribution in [2.45, 2.75) is 60.7 Å². The van der Waals surface area contributed by atoms with Gasteiger partial charge in [-0.05, 0) is 137 Å². The van der Waals surface area contributed by atoms with E-state index in [1.807, 2.05) is 11.8 Å². The van der Waals surface area contributed by atoms with Crippen LogP contribution in [0.5, 0.6) is 0 Å². The molecule has 8 aromatic rings. The number of nitrogens with zero attached hydrogens (tertiary/aromatic N) is 1. The van der Waals surface area contributed by atoms with Gasteiger partial charge in [0.15, 0.2) is 8.07 Å². The first-order valence-electron chi connectivity index (χ1n) is 21.3. The number of para-hydroxylation sites is 1. The molecule has 0 unspecified atom stereocenters. The van der Waals surface area contributed by atoms with Crippen LogP contribution in [0.25, 0.3) is 27.5 Å². The Morgan fingerprint density at radius 1 is 0.561 bits per heavy atom. The molecule has 4 heteroatoms. The molecule has 6 aliphatic rings. The van der Waals surface area contributed by atoms with Crippen molar-refractivity contribution in [3.63, 3.8) is 0 Å². The molecule has 0 N–H and O–H groups in total. The summed E-state index contributed by atoms with van der Waals surface area (Å²) in [4.78, 5) is 2.80. The van der Waals surface area contributed by atoms with Crippen LogP contribution in [0.1, 0.15) is 49.7 Å². The van der Waals surface area contributed by atoms with Crippen LogP contribution >= 0.6 is 11.8 Å². The zero-order chi connectivity index (χ0) is 37.5. The number of rotatable bonds is 4. The third kappa shape index (κ3) is 4.55. The summed E-state index contributed by atoms with van der Waals surface area (Å²) in [6, 6.07) is 61.7. The Hall–Kier alpha value is -5.03. The molecular weight excluding hydrogens is 722 g/mol. The molecule has 57 heavy (non-hydrogen) atoms. The van der Waals surface area contributed by atoms with Gasteiger partial charge in [-0.25, -0.2) is 0 Å². The first kappa shape index (κ1) is 33.0. The van der Waals surface area contributed by atoms with Crippen LogP contribution in [-0.4, -0.2) is 19.4 Å². The van der Waals surface area contributed by atoms with Gasteiger partial charge in [0.1, 0.15) is 0 Å². The van der Waals surface area contributed by atoms with E-state index < -0.39 is 8.07 Å². The van der Waals surface area contributed by atoms with Gasteiger partial charge >= 0.3 is 0 Å².